The summed E-state index contributed by atoms with van der Waals surface area (Å²) in [6.45, 7) is 3.83. The first-order chi connectivity index (χ1) is 13.5. The quantitative estimate of drug-likeness (QED) is 0.555. The van der Waals surface area contributed by atoms with E-state index in [4.69, 9.17) is 33.2 Å². The molecule has 0 radical (unpaired) electrons. The molecule has 2 aliphatic rings. The van der Waals surface area contributed by atoms with Crippen molar-refractivity contribution in [1.29, 1.82) is 0 Å². The Morgan fingerprint density at radius 1 is 1.11 bits per heavy atom. The molecule has 0 unspecified atom stereocenters. The maximum absolute atomic E-state index is 11.1. The van der Waals surface area contributed by atoms with Crippen LogP contribution >= 0.6 is 23.2 Å². The van der Waals surface area contributed by atoms with Gasteiger partial charge in [0.1, 0.15) is 12.2 Å². The first-order valence-corrected chi connectivity index (χ1v) is 10.6. The van der Waals surface area contributed by atoms with E-state index in [1.54, 1.807) is 6.07 Å². The first-order valence-electron chi connectivity index (χ1n) is 9.89. The maximum Gasteiger partial charge on any atom is 0.152 e. The van der Waals surface area contributed by atoms with Crippen LogP contribution in [0.25, 0.3) is 11.3 Å². The second-order valence-electron chi connectivity index (χ2n) is 8.01. The Hall–Kier alpha value is -1.72. The Morgan fingerprint density at radius 3 is 2.50 bits per heavy atom. The predicted octanol–water partition coefficient (Wildman–Crippen LogP) is 6.19. The average Bonchev–Trinajstić information content (AvgIpc) is 3.14. The van der Waals surface area contributed by atoms with Gasteiger partial charge in [-0.2, -0.15) is 4.91 Å². The van der Waals surface area contributed by atoms with E-state index in [0.29, 0.717) is 26.8 Å². The van der Waals surface area contributed by atoms with Gasteiger partial charge in [0.05, 0.1) is 21.4 Å². The summed E-state index contributed by atoms with van der Waals surface area (Å²) in [7, 11) is 0. The van der Waals surface area contributed by atoms with Crippen molar-refractivity contribution in [2.75, 3.05) is 18.0 Å². The largest absolute Gasteiger partial charge is 0.355 e. The minimum absolute atomic E-state index is 0.00452. The van der Waals surface area contributed by atoms with Gasteiger partial charge in [0, 0.05) is 18.7 Å². The number of halogens is 2. The number of anilines is 1. The van der Waals surface area contributed by atoms with Crippen LogP contribution in [-0.2, 0) is 6.54 Å². The third kappa shape index (κ3) is 3.62. The van der Waals surface area contributed by atoms with Crippen LogP contribution in [0.4, 0.5) is 5.82 Å². The molecule has 1 saturated carbocycles. The highest BCUT2D eigenvalue weighted by molar-refractivity contribution is 6.43. The highest BCUT2D eigenvalue weighted by Crippen LogP contribution is 2.47. The Bertz CT molecular complexity index is 886. The zero-order chi connectivity index (χ0) is 19.7. The van der Waals surface area contributed by atoms with Gasteiger partial charge in [0.2, 0.25) is 0 Å². The molecular formula is C21H24Cl2N4O. The van der Waals surface area contributed by atoms with Gasteiger partial charge >= 0.3 is 0 Å². The van der Waals surface area contributed by atoms with Gasteiger partial charge in [-0.25, -0.2) is 9.97 Å². The molecule has 1 aromatic carbocycles. The van der Waals surface area contributed by atoms with Gasteiger partial charge in [0.15, 0.2) is 5.82 Å². The molecule has 0 amide bonds. The molecule has 2 aromatic rings. The van der Waals surface area contributed by atoms with Gasteiger partial charge in [0.25, 0.3) is 0 Å². The van der Waals surface area contributed by atoms with Crippen molar-refractivity contribution in [1.82, 2.24) is 9.97 Å². The summed E-state index contributed by atoms with van der Waals surface area (Å²) in [5.74, 6) is 0.784. The number of piperidine rings is 1. The van der Waals surface area contributed by atoms with Crippen LogP contribution in [-0.4, -0.2) is 23.1 Å². The molecule has 1 aromatic heterocycles. The summed E-state index contributed by atoms with van der Waals surface area (Å²) in [6.07, 6.45) is 7.77. The van der Waals surface area contributed by atoms with Gasteiger partial charge in [-0.3, -0.25) is 0 Å². The SMILES string of the molecule is Cc1nc(N2CCC3(CCCC3)CC2)c(CN=O)nc1-c1cccc(Cl)c1Cl. The monoisotopic (exact) mass is 418 g/mol. The van der Waals surface area contributed by atoms with E-state index in [0.717, 1.165) is 30.2 Å². The second-order valence-corrected chi connectivity index (χ2v) is 8.80. The molecule has 28 heavy (non-hydrogen) atoms. The number of nitrogens with zero attached hydrogens (tertiary/aromatic N) is 4. The first kappa shape index (κ1) is 19.6. The molecule has 2 fully saturated rings. The standard InChI is InChI=1S/C21H24Cl2N4O/c1-14-19(15-5-4-6-16(22)18(15)23)26-17(13-24-28)20(25-14)27-11-9-21(10-12-27)7-2-3-8-21/h4-6H,2-3,7-13H2,1H3. The van der Waals surface area contributed by atoms with Gasteiger partial charge in [-0.15, -0.1) is 0 Å². The summed E-state index contributed by atoms with van der Waals surface area (Å²) < 4.78 is 0. The molecule has 4 rings (SSSR count). The number of aromatic nitrogens is 2. The van der Waals surface area contributed by atoms with Gasteiger partial charge in [-0.1, -0.05) is 53.4 Å². The van der Waals surface area contributed by atoms with Crippen LogP contribution in [0.2, 0.25) is 10.0 Å². The number of hydrogen-bond acceptors (Lipinski definition) is 5. The number of benzene rings is 1. The molecule has 148 valence electrons. The van der Waals surface area contributed by atoms with E-state index in [-0.39, 0.29) is 6.54 Å². The van der Waals surface area contributed by atoms with E-state index in [1.807, 2.05) is 19.1 Å². The Labute approximate surface area is 175 Å². The molecule has 1 spiro atoms. The fourth-order valence-electron chi connectivity index (χ4n) is 4.72. The molecule has 5 nitrogen and oxygen atoms in total. The number of nitroso groups, excluding NO2 is 1. The van der Waals surface area contributed by atoms with E-state index >= 15 is 0 Å². The Balaban J connectivity index is 1.68. The predicted molar refractivity (Wildman–Crippen MR) is 114 cm³/mol. The summed E-state index contributed by atoms with van der Waals surface area (Å²) in [4.78, 5) is 23.0. The van der Waals surface area contributed by atoms with Crippen LogP contribution < -0.4 is 4.90 Å². The van der Waals surface area contributed by atoms with Gasteiger partial charge in [-0.05, 0) is 44.1 Å². The molecule has 2 heterocycles. The zero-order valence-corrected chi connectivity index (χ0v) is 17.6. The lowest BCUT2D eigenvalue weighted by Gasteiger charge is -2.40. The molecule has 1 aliphatic heterocycles. The molecule has 0 N–H and O–H groups in total. The fraction of sp³-hybridized carbons (Fsp3) is 0.524. The lowest BCUT2D eigenvalue weighted by atomic mass is 9.77. The van der Waals surface area contributed by atoms with Crippen molar-refractivity contribution in [2.24, 2.45) is 10.6 Å². The third-order valence-corrected chi connectivity index (χ3v) is 7.15. The highest BCUT2D eigenvalue weighted by atomic mass is 35.5. The minimum atomic E-state index is -0.00452. The van der Waals surface area contributed by atoms with Crippen LogP contribution in [0.5, 0.6) is 0 Å². The number of aryl methyl sites for hydroxylation is 1. The number of rotatable bonds is 4. The van der Waals surface area contributed by atoms with Crippen molar-refractivity contribution >= 4 is 29.0 Å². The number of hydrogen-bond donors (Lipinski definition) is 0. The highest BCUT2D eigenvalue weighted by Gasteiger charge is 2.37. The topological polar surface area (TPSA) is 58.5 Å². The molecular weight excluding hydrogens is 395 g/mol. The molecule has 1 saturated heterocycles. The maximum atomic E-state index is 11.1. The lowest BCUT2D eigenvalue weighted by Crippen LogP contribution is -2.40. The molecule has 1 aliphatic carbocycles. The minimum Gasteiger partial charge on any atom is -0.355 e. The van der Waals surface area contributed by atoms with Crippen LogP contribution in [0, 0.1) is 17.2 Å². The van der Waals surface area contributed by atoms with Crippen molar-refractivity contribution in [3.63, 3.8) is 0 Å². The Kier molecular flexibility index (Phi) is 5.57. The normalized spacial score (nSPS) is 18.6. The van der Waals surface area contributed by atoms with Crippen molar-refractivity contribution in [3.8, 4) is 11.3 Å². The fourth-order valence-corrected chi connectivity index (χ4v) is 5.11. The molecule has 0 bridgehead atoms. The van der Waals surface area contributed by atoms with E-state index < -0.39 is 0 Å². The summed E-state index contributed by atoms with van der Waals surface area (Å²) >= 11 is 12.6. The second kappa shape index (κ2) is 7.96. The smallest absolute Gasteiger partial charge is 0.152 e. The summed E-state index contributed by atoms with van der Waals surface area (Å²) in [6, 6.07) is 5.45. The van der Waals surface area contributed by atoms with E-state index in [2.05, 4.69) is 10.1 Å². The van der Waals surface area contributed by atoms with Crippen molar-refractivity contribution in [3.05, 3.63) is 44.5 Å². The molecule has 0 atom stereocenters. The third-order valence-electron chi connectivity index (χ3n) is 6.33. The summed E-state index contributed by atoms with van der Waals surface area (Å²) in [5, 5.41) is 4.01. The van der Waals surface area contributed by atoms with Crippen LogP contribution in [0.3, 0.4) is 0 Å². The van der Waals surface area contributed by atoms with Crippen LogP contribution in [0.15, 0.2) is 23.4 Å². The molecule has 7 heteroatoms. The van der Waals surface area contributed by atoms with Crippen LogP contribution in [0.1, 0.15) is 49.9 Å². The zero-order valence-electron chi connectivity index (χ0n) is 16.0. The average molecular weight is 419 g/mol. The van der Waals surface area contributed by atoms with Gasteiger partial charge < -0.3 is 4.90 Å². The van der Waals surface area contributed by atoms with Crippen molar-refractivity contribution < 1.29 is 0 Å². The van der Waals surface area contributed by atoms with E-state index in [1.165, 1.54) is 38.5 Å². The Morgan fingerprint density at radius 2 is 1.82 bits per heavy atom. The lowest BCUT2D eigenvalue weighted by molar-refractivity contribution is 0.226. The van der Waals surface area contributed by atoms with Crippen molar-refractivity contribution in [2.45, 2.75) is 52.0 Å². The summed E-state index contributed by atoms with van der Waals surface area (Å²) in [5.41, 5.74) is 3.28. The van der Waals surface area contributed by atoms with E-state index in [9.17, 15) is 4.91 Å².